The lowest BCUT2D eigenvalue weighted by Gasteiger charge is -2.23. The molecule has 1 heterocycles. The lowest BCUT2D eigenvalue weighted by Crippen LogP contribution is -2.39. The number of hydrogen-bond acceptors (Lipinski definition) is 4. The summed E-state index contributed by atoms with van der Waals surface area (Å²) < 4.78 is 0. The zero-order chi connectivity index (χ0) is 9.84. The molecule has 0 saturated heterocycles. The number of allylic oxidation sites excluding steroid dienone is 1. The Kier molecular flexibility index (Phi) is 2.45. The van der Waals surface area contributed by atoms with Gasteiger partial charge < -0.3 is 0 Å². The van der Waals surface area contributed by atoms with Crippen LogP contribution in [0.1, 0.15) is 0 Å². The fraction of sp³-hybridized carbons (Fsp3) is 0.125. The highest BCUT2D eigenvalue weighted by atomic mass is 16.1. The number of nitrogens with zero attached hydrogens (tertiary/aromatic N) is 3. The first-order valence-electron chi connectivity index (χ1n) is 3.52. The monoisotopic (exact) mass is 176 g/mol. The summed E-state index contributed by atoms with van der Waals surface area (Å²) in [5.74, 6) is -0.388. The van der Waals surface area contributed by atoms with Gasteiger partial charge in [-0.05, 0) is 0 Å². The molecule has 0 radical (unpaired) electrons. The van der Waals surface area contributed by atoms with Crippen molar-refractivity contribution in [2.45, 2.75) is 0 Å². The molecule has 0 aromatic heterocycles. The van der Waals surface area contributed by atoms with Gasteiger partial charge in [-0.25, -0.2) is 5.01 Å². The molecule has 1 N–H and O–H groups in total. The van der Waals surface area contributed by atoms with Crippen LogP contribution in [0, 0.1) is 11.3 Å². The van der Waals surface area contributed by atoms with Crippen LogP contribution in [0.15, 0.2) is 29.0 Å². The molecule has 0 saturated carbocycles. The van der Waals surface area contributed by atoms with Crippen molar-refractivity contribution in [3.8, 4) is 6.07 Å². The van der Waals surface area contributed by atoms with Gasteiger partial charge in [-0.1, -0.05) is 6.58 Å². The molecule has 66 valence electrons. The normalized spacial score (nSPS) is 16.9. The number of aliphatic imine (C=N–C) groups is 1. The van der Waals surface area contributed by atoms with Crippen LogP contribution in [-0.4, -0.2) is 24.2 Å². The van der Waals surface area contributed by atoms with Crippen LogP contribution in [0.5, 0.6) is 0 Å². The molecule has 13 heavy (non-hydrogen) atoms. The lowest BCUT2D eigenvalue weighted by molar-refractivity contribution is -0.113. The number of carbonyl (C=O) groups excluding carboxylic acids is 1. The molecule has 1 rings (SSSR count). The number of ketones is 1. The summed E-state index contributed by atoms with van der Waals surface area (Å²) in [6, 6.07) is 1.76. The van der Waals surface area contributed by atoms with Crippen LogP contribution in [0.3, 0.4) is 0 Å². The third-order valence-corrected chi connectivity index (χ3v) is 1.50. The first-order chi connectivity index (χ1) is 6.20. The molecule has 0 unspecified atom stereocenters. The van der Waals surface area contributed by atoms with E-state index in [1.807, 2.05) is 0 Å². The first-order valence-corrected chi connectivity index (χ1v) is 3.52. The molecule has 0 fully saturated rings. The predicted molar refractivity (Wildman–Crippen MR) is 47.2 cm³/mol. The maximum absolute atomic E-state index is 11.3. The second-order valence-electron chi connectivity index (χ2n) is 2.32. The largest absolute Gasteiger partial charge is 0.299 e. The summed E-state index contributed by atoms with van der Waals surface area (Å²) in [6.45, 7) is 3.52. The van der Waals surface area contributed by atoms with E-state index < -0.39 is 0 Å². The fourth-order valence-corrected chi connectivity index (χ4v) is 0.844. The molecule has 1 aliphatic heterocycles. The number of rotatable bonds is 1. The Balaban J connectivity index is 2.95. The van der Waals surface area contributed by atoms with Crippen molar-refractivity contribution in [2.75, 3.05) is 7.05 Å². The van der Waals surface area contributed by atoms with Gasteiger partial charge in [-0.3, -0.25) is 15.2 Å². The van der Waals surface area contributed by atoms with E-state index in [0.717, 1.165) is 0 Å². The SMILES string of the molecule is C=C1C(=O)C(C#N)=CNN1C=NC. The summed E-state index contributed by atoms with van der Waals surface area (Å²) in [7, 11) is 1.57. The van der Waals surface area contributed by atoms with Crippen LogP contribution >= 0.6 is 0 Å². The number of carbonyl (C=O) groups is 1. The van der Waals surface area contributed by atoms with E-state index in [2.05, 4.69) is 17.0 Å². The van der Waals surface area contributed by atoms with Crippen molar-refractivity contribution >= 4 is 12.1 Å². The molecule has 0 atom stereocenters. The quantitative estimate of drug-likeness (QED) is 0.345. The second-order valence-corrected chi connectivity index (χ2v) is 2.32. The van der Waals surface area contributed by atoms with Crippen molar-refractivity contribution in [1.29, 1.82) is 5.26 Å². The van der Waals surface area contributed by atoms with Gasteiger partial charge in [-0.2, -0.15) is 5.26 Å². The number of nitrogens with one attached hydrogen (secondary N) is 1. The summed E-state index contributed by atoms with van der Waals surface area (Å²) in [6.07, 6.45) is 2.73. The third-order valence-electron chi connectivity index (χ3n) is 1.50. The zero-order valence-electron chi connectivity index (χ0n) is 7.11. The van der Waals surface area contributed by atoms with Gasteiger partial charge in [0.15, 0.2) is 0 Å². The Morgan fingerprint density at radius 2 is 2.54 bits per heavy atom. The van der Waals surface area contributed by atoms with Gasteiger partial charge in [0.25, 0.3) is 0 Å². The van der Waals surface area contributed by atoms with E-state index in [1.165, 1.54) is 17.5 Å². The minimum atomic E-state index is -0.388. The Bertz CT molecular complexity index is 348. The highest BCUT2D eigenvalue weighted by Gasteiger charge is 2.22. The fourth-order valence-electron chi connectivity index (χ4n) is 0.844. The van der Waals surface area contributed by atoms with E-state index >= 15 is 0 Å². The topological polar surface area (TPSA) is 68.5 Å². The molecule has 0 bridgehead atoms. The van der Waals surface area contributed by atoms with E-state index in [1.54, 1.807) is 13.1 Å². The van der Waals surface area contributed by atoms with Gasteiger partial charge >= 0.3 is 0 Å². The second kappa shape index (κ2) is 3.54. The summed E-state index contributed by atoms with van der Waals surface area (Å²) in [5, 5.41) is 9.87. The summed E-state index contributed by atoms with van der Waals surface area (Å²) in [5.41, 5.74) is 2.91. The standard InChI is InChI=1S/C8H8N4O/c1-6-8(13)7(3-9)4-11-12(6)5-10-2/h4-5,11H,1H2,2H3. The molecule has 0 aliphatic carbocycles. The van der Waals surface area contributed by atoms with Gasteiger partial charge in [0.2, 0.25) is 5.78 Å². The van der Waals surface area contributed by atoms with E-state index in [-0.39, 0.29) is 17.1 Å². The Hall–Kier alpha value is -2.09. The molecule has 0 spiro atoms. The first kappa shape index (κ1) is 9.00. The maximum atomic E-state index is 11.3. The molecule has 0 aromatic carbocycles. The Labute approximate surface area is 75.6 Å². The van der Waals surface area contributed by atoms with Crippen molar-refractivity contribution in [2.24, 2.45) is 4.99 Å². The third kappa shape index (κ3) is 1.56. The molecule has 0 amide bonds. The minimum absolute atomic E-state index is 0.0470. The number of Topliss-reactive ketones (excluding diaryl/α,β-unsaturated/α-hetero) is 1. The molecular formula is C8H8N4O. The van der Waals surface area contributed by atoms with Gasteiger partial charge in [0, 0.05) is 13.2 Å². The molecule has 5 nitrogen and oxygen atoms in total. The maximum Gasteiger partial charge on any atom is 0.222 e. The number of nitriles is 1. The number of hydrogen-bond donors (Lipinski definition) is 1. The van der Waals surface area contributed by atoms with Crippen molar-refractivity contribution in [1.82, 2.24) is 10.4 Å². The summed E-state index contributed by atoms with van der Waals surface area (Å²) in [4.78, 5) is 15.0. The highest BCUT2D eigenvalue weighted by Crippen LogP contribution is 2.10. The Morgan fingerprint density at radius 3 is 3.08 bits per heavy atom. The van der Waals surface area contributed by atoms with Crippen molar-refractivity contribution < 1.29 is 4.79 Å². The smallest absolute Gasteiger partial charge is 0.222 e. The molecular weight excluding hydrogens is 168 g/mol. The van der Waals surface area contributed by atoms with Crippen LogP contribution in [0.2, 0.25) is 0 Å². The highest BCUT2D eigenvalue weighted by molar-refractivity contribution is 6.11. The van der Waals surface area contributed by atoms with Crippen LogP contribution in [0.4, 0.5) is 0 Å². The van der Waals surface area contributed by atoms with Crippen LogP contribution < -0.4 is 5.43 Å². The zero-order valence-corrected chi connectivity index (χ0v) is 7.11. The van der Waals surface area contributed by atoms with Gasteiger partial charge in [-0.15, -0.1) is 0 Å². The van der Waals surface area contributed by atoms with Crippen molar-refractivity contribution in [3.05, 3.63) is 24.0 Å². The Morgan fingerprint density at radius 1 is 1.85 bits per heavy atom. The summed E-state index contributed by atoms with van der Waals surface area (Å²) >= 11 is 0. The molecule has 1 aliphatic rings. The average Bonchev–Trinajstić information content (AvgIpc) is 2.14. The van der Waals surface area contributed by atoms with Gasteiger partial charge in [0.05, 0.1) is 0 Å². The van der Waals surface area contributed by atoms with E-state index in [4.69, 9.17) is 5.26 Å². The van der Waals surface area contributed by atoms with Crippen molar-refractivity contribution in [3.63, 3.8) is 0 Å². The predicted octanol–water partition coefficient (Wildman–Crippen LogP) is -0.0450. The van der Waals surface area contributed by atoms with Crippen LogP contribution in [0.25, 0.3) is 0 Å². The lowest BCUT2D eigenvalue weighted by atomic mass is 10.1. The minimum Gasteiger partial charge on any atom is -0.299 e. The molecule has 0 aromatic rings. The van der Waals surface area contributed by atoms with Crippen LogP contribution in [-0.2, 0) is 4.79 Å². The average molecular weight is 176 g/mol. The number of hydrazine groups is 1. The van der Waals surface area contributed by atoms with Gasteiger partial charge in [0.1, 0.15) is 23.7 Å². The van der Waals surface area contributed by atoms with E-state index in [0.29, 0.717) is 0 Å². The van der Waals surface area contributed by atoms with E-state index in [9.17, 15) is 4.79 Å². The molecule has 5 heteroatoms.